The van der Waals surface area contributed by atoms with Crippen molar-refractivity contribution in [2.75, 3.05) is 20.2 Å². The number of aryl methyl sites for hydroxylation is 1. The van der Waals surface area contributed by atoms with Crippen molar-refractivity contribution in [1.82, 2.24) is 14.8 Å². The van der Waals surface area contributed by atoms with Gasteiger partial charge in [0.2, 0.25) is 5.91 Å². The van der Waals surface area contributed by atoms with Gasteiger partial charge in [0.1, 0.15) is 18.0 Å². The van der Waals surface area contributed by atoms with Gasteiger partial charge in [0.25, 0.3) is 5.91 Å². The lowest BCUT2D eigenvalue weighted by Crippen LogP contribution is -2.40. The van der Waals surface area contributed by atoms with Crippen molar-refractivity contribution >= 4 is 34.1 Å². The number of thiophene rings is 1. The van der Waals surface area contributed by atoms with Crippen molar-refractivity contribution in [2.24, 2.45) is 7.05 Å². The van der Waals surface area contributed by atoms with Crippen LogP contribution in [-0.2, 0) is 18.3 Å². The van der Waals surface area contributed by atoms with Crippen molar-refractivity contribution in [3.63, 3.8) is 0 Å². The third-order valence-corrected chi connectivity index (χ3v) is 7.15. The zero-order valence-corrected chi connectivity index (χ0v) is 19.4. The number of carbonyl (C=O) groups excluding carboxylic acids is 2. The van der Waals surface area contributed by atoms with Gasteiger partial charge in [-0.15, -0.1) is 11.3 Å². The predicted molar refractivity (Wildman–Crippen MR) is 130 cm³/mol. The van der Waals surface area contributed by atoms with E-state index in [-0.39, 0.29) is 24.4 Å². The third-order valence-electron chi connectivity index (χ3n) is 6.21. The number of benzene rings is 2. The molecule has 4 aromatic rings. The summed E-state index contributed by atoms with van der Waals surface area (Å²) in [6, 6.07) is 19.5. The van der Waals surface area contributed by atoms with E-state index >= 15 is 0 Å². The number of fused-ring (bicyclic) bond motifs is 3. The highest BCUT2D eigenvalue weighted by atomic mass is 32.1. The van der Waals surface area contributed by atoms with Crippen molar-refractivity contribution in [3.8, 4) is 5.75 Å². The number of nitrogens with zero attached hydrogens (tertiary/aromatic N) is 2. The summed E-state index contributed by atoms with van der Waals surface area (Å²) in [5.74, 6) is 0.465. The molecule has 0 aliphatic carbocycles. The van der Waals surface area contributed by atoms with Gasteiger partial charge in [-0.05, 0) is 41.6 Å². The topological polar surface area (TPSA) is 63.6 Å². The minimum absolute atomic E-state index is 0.00295. The second-order valence-electron chi connectivity index (χ2n) is 8.13. The lowest BCUT2D eigenvalue weighted by atomic mass is 9.98. The number of methoxy groups -OCH3 is 1. The van der Waals surface area contributed by atoms with Crippen LogP contribution in [0.5, 0.6) is 5.75 Å². The fraction of sp³-hybridized carbons (Fsp3) is 0.231. The van der Waals surface area contributed by atoms with E-state index in [1.807, 2.05) is 71.6 Å². The molecule has 1 N–H and O–H groups in total. The number of carbonyl (C=O) groups is 2. The van der Waals surface area contributed by atoms with E-state index in [0.717, 1.165) is 34.2 Å². The molecule has 0 saturated heterocycles. The zero-order chi connectivity index (χ0) is 22.9. The van der Waals surface area contributed by atoms with Gasteiger partial charge < -0.3 is 19.5 Å². The van der Waals surface area contributed by atoms with Crippen LogP contribution >= 0.6 is 11.3 Å². The van der Waals surface area contributed by atoms with Gasteiger partial charge >= 0.3 is 0 Å². The number of ether oxygens (including phenoxy) is 1. The minimum Gasteiger partial charge on any atom is -0.497 e. The van der Waals surface area contributed by atoms with Gasteiger partial charge in [-0.2, -0.15) is 0 Å². The number of hydrogen-bond acceptors (Lipinski definition) is 4. The van der Waals surface area contributed by atoms with Crippen LogP contribution in [0.25, 0.3) is 10.9 Å². The second-order valence-corrected chi connectivity index (χ2v) is 9.16. The maximum Gasteiger partial charge on any atom is 0.272 e. The summed E-state index contributed by atoms with van der Waals surface area (Å²) in [5, 5.41) is 6.04. The number of nitrogens with one attached hydrogen (secondary N) is 1. The van der Waals surface area contributed by atoms with Crippen LogP contribution in [0.4, 0.5) is 0 Å². The van der Waals surface area contributed by atoms with Gasteiger partial charge in [-0.25, -0.2) is 0 Å². The maximum atomic E-state index is 13.6. The molecule has 0 bridgehead atoms. The second kappa shape index (κ2) is 8.75. The number of rotatable bonds is 7. The fourth-order valence-electron chi connectivity index (χ4n) is 4.65. The molecule has 1 atom stereocenters. The Hall–Kier alpha value is -3.58. The fourth-order valence-corrected chi connectivity index (χ4v) is 5.36. The molecule has 0 fully saturated rings. The quantitative estimate of drug-likeness (QED) is 0.452. The van der Waals surface area contributed by atoms with Crippen LogP contribution in [-0.4, -0.2) is 41.5 Å². The lowest BCUT2D eigenvalue weighted by molar-refractivity contribution is -0.122. The summed E-state index contributed by atoms with van der Waals surface area (Å²) < 4.78 is 7.26. The van der Waals surface area contributed by atoms with Crippen LogP contribution < -0.4 is 10.1 Å². The first-order valence-electron chi connectivity index (χ1n) is 10.9. The minimum atomic E-state index is -0.340. The average molecular weight is 460 g/mol. The standard InChI is InChI=1S/C26H25N3O3S/c1-28-21-8-4-3-7-20(21)23-24(17-9-11-18(32-2)12-10-17)29(26(31)25(23)28)16-22(30)27-14-13-19-6-5-15-33-19/h3-12,15,24H,13-14,16H2,1-2H3,(H,27,30)/t24-/m1/s1. The SMILES string of the molecule is COc1ccc([C@@H]2c3c(n(C)c4ccccc34)C(=O)N2CC(=O)NCCc2cccs2)cc1. The maximum absolute atomic E-state index is 13.6. The largest absolute Gasteiger partial charge is 0.497 e. The summed E-state index contributed by atoms with van der Waals surface area (Å²) in [6.45, 7) is 0.549. The van der Waals surface area contributed by atoms with Crippen molar-refractivity contribution < 1.29 is 14.3 Å². The molecule has 6 nitrogen and oxygen atoms in total. The molecule has 2 aromatic heterocycles. The number of hydrogen-bond donors (Lipinski definition) is 1. The average Bonchev–Trinajstić information content (AvgIpc) is 3.52. The normalized spacial score (nSPS) is 15.2. The molecule has 1 aliphatic rings. The number of amides is 2. The Labute approximate surface area is 196 Å². The highest BCUT2D eigenvalue weighted by Crippen LogP contribution is 2.43. The molecule has 2 aromatic carbocycles. The van der Waals surface area contributed by atoms with Gasteiger partial charge in [0.05, 0.1) is 13.2 Å². The van der Waals surface area contributed by atoms with Crippen LogP contribution in [0.1, 0.15) is 32.5 Å². The third kappa shape index (κ3) is 3.78. The Bertz CT molecular complexity index is 1310. The molecular formula is C26H25N3O3S. The Kier molecular flexibility index (Phi) is 5.64. The van der Waals surface area contributed by atoms with Crippen molar-refractivity contribution in [3.05, 3.63) is 87.7 Å². The van der Waals surface area contributed by atoms with E-state index in [0.29, 0.717) is 12.2 Å². The first-order valence-corrected chi connectivity index (χ1v) is 11.8. The van der Waals surface area contributed by atoms with Gasteiger partial charge in [-0.3, -0.25) is 9.59 Å². The molecule has 3 heterocycles. The summed E-state index contributed by atoms with van der Waals surface area (Å²) in [5.41, 5.74) is 3.55. The predicted octanol–water partition coefficient (Wildman–Crippen LogP) is 4.15. The van der Waals surface area contributed by atoms with Gasteiger partial charge in [0.15, 0.2) is 0 Å². The molecule has 1 aliphatic heterocycles. The van der Waals surface area contributed by atoms with Crippen molar-refractivity contribution in [1.29, 1.82) is 0 Å². The first kappa shape index (κ1) is 21.3. The van der Waals surface area contributed by atoms with Gasteiger partial charge in [0, 0.05) is 34.9 Å². The van der Waals surface area contributed by atoms with Gasteiger partial charge in [-0.1, -0.05) is 36.4 Å². The first-order chi connectivity index (χ1) is 16.1. The Balaban J connectivity index is 1.47. The summed E-state index contributed by atoms with van der Waals surface area (Å²) >= 11 is 1.68. The molecule has 0 saturated carbocycles. The van der Waals surface area contributed by atoms with E-state index in [1.54, 1.807) is 23.3 Å². The van der Waals surface area contributed by atoms with Crippen LogP contribution in [0, 0.1) is 0 Å². The highest BCUT2D eigenvalue weighted by Gasteiger charge is 2.42. The Morgan fingerprint density at radius 2 is 1.88 bits per heavy atom. The monoisotopic (exact) mass is 459 g/mol. The Morgan fingerprint density at radius 3 is 2.61 bits per heavy atom. The molecule has 5 rings (SSSR count). The van der Waals surface area contributed by atoms with E-state index < -0.39 is 0 Å². The van der Waals surface area contributed by atoms with Crippen molar-refractivity contribution in [2.45, 2.75) is 12.5 Å². The molecule has 0 unspecified atom stereocenters. The van der Waals surface area contributed by atoms with Crippen LogP contribution in [0.3, 0.4) is 0 Å². The van der Waals surface area contributed by atoms with Crippen LogP contribution in [0.2, 0.25) is 0 Å². The number of para-hydroxylation sites is 1. The molecule has 0 radical (unpaired) electrons. The van der Waals surface area contributed by atoms with Crippen LogP contribution in [0.15, 0.2) is 66.0 Å². The zero-order valence-electron chi connectivity index (χ0n) is 18.6. The summed E-state index contributed by atoms with van der Waals surface area (Å²) in [6.07, 6.45) is 0.782. The molecule has 0 spiro atoms. The summed E-state index contributed by atoms with van der Waals surface area (Å²) in [7, 11) is 3.54. The molecule has 33 heavy (non-hydrogen) atoms. The highest BCUT2D eigenvalue weighted by molar-refractivity contribution is 7.09. The van der Waals surface area contributed by atoms with E-state index in [9.17, 15) is 9.59 Å². The molecule has 2 amide bonds. The molecule has 168 valence electrons. The van der Waals surface area contributed by atoms with E-state index in [1.165, 1.54) is 4.88 Å². The Morgan fingerprint density at radius 1 is 1.09 bits per heavy atom. The van der Waals surface area contributed by atoms with E-state index in [4.69, 9.17) is 4.74 Å². The summed E-state index contributed by atoms with van der Waals surface area (Å²) in [4.78, 5) is 29.3. The molecule has 7 heteroatoms. The van der Waals surface area contributed by atoms with E-state index in [2.05, 4.69) is 11.4 Å². The molecular weight excluding hydrogens is 434 g/mol. The smallest absolute Gasteiger partial charge is 0.272 e. The number of aromatic nitrogens is 1. The lowest BCUT2D eigenvalue weighted by Gasteiger charge is -2.26.